The molecule has 5 heteroatoms. The number of hydrogen-bond donors (Lipinski definition) is 1. The van der Waals surface area contributed by atoms with Gasteiger partial charge < -0.3 is 15.0 Å². The molecule has 2 N–H and O–H groups in total. The molecule has 1 fully saturated rings. The first-order valence-corrected chi connectivity index (χ1v) is 6.21. The Morgan fingerprint density at radius 1 is 1.33 bits per heavy atom. The largest absolute Gasteiger partial charge is 0.381 e. The van der Waals surface area contributed by atoms with Gasteiger partial charge in [0.1, 0.15) is 5.69 Å². The van der Waals surface area contributed by atoms with E-state index < -0.39 is 0 Å². The molecule has 18 heavy (non-hydrogen) atoms. The Balaban J connectivity index is 1.93. The Morgan fingerprint density at radius 3 is 2.83 bits per heavy atom. The van der Waals surface area contributed by atoms with Crippen LogP contribution in [0.2, 0.25) is 5.02 Å². The molecule has 1 unspecified atom stereocenters. The predicted octanol–water partition coefficient (Wildman–Crippen LogP) is 3.08. The molecule has 0 saturated carbocycles. The van der Waals surface area contributed by atoms with Gasteiger partial charge in [-0.3, -0.25) is 0 Å². The van der Waals surface area contributed by atoms with Crippen LogP contribution in [0.15, 0.2) is 28.8 Å². The van der Waals surface area contributed by atoms with Gasteiger partial charge in [0.05, 0.1) is 6.61 Å². The van der Waals surface area contributed by atoms with E-state index in [4.69, 9.17) is 26.6 Å². The van der Waals surface area contributed by atoms with Crippen LogP contribution in [0.1, 0.15) is 17.9 Å². The van der Waals surface area contributed by atoms with E-state index in [2.05, 4.69) is 5.16 Å². The van der Waals surface area contributed by atoms with Gasteiger partial charge in [-0.05, 0) is 18.1 Å². The lowest BCUT2D eigenvalue weighted by atomic mass is 9.97. The lowest BCUT2D eigenvalue weighted by Gasteiger charge is -2.10. The van der Waals surface area contributed by atoms with E-state index in [1.807, 2.05) is 18.2 Å². The monoisotopic (exact) mass is 264 g/mol. The second kappa shape index (κ2) is 4.63. The van der Waals surface area contributed by atoms with Crippen molar-refractivity contribution in [3.8, 4) is 11.3 Å². The van der Waals surface area contributed by atoms with Crippen LogP contribution in [0.3, 0.4) is 0 Å². The number of nitrogens with two attached hydrogens (primary N) is 1. The zero-order valence-electron chi connectivity index (χ0n) is 9.73. The number of hydrogen-bond acceptors (Lipinski definition) is 4. The summed E-state index contributed by atoms with van der Waals surface area (Å²) in [6.07, 6.45) is 1.02. The van der Waals surface area contributed by atoms with Crippen LogP contribution < -0.4 is 5.73 Å². The number of rotatable bonds is 2. The first-order chi connectivity index (χ1) is 8.74. The minimum absolute atomic E-state index is 0.300. The SMILES string of the molecule is Nc1cc(-c2ccc(C3CCOC3)c(Cl)c2)no1. The van der Waals surface area contributed by atoms with Crippen molar-refractivity contribution in [3.63, 3.8) is 0 Å². The number of ether oxygens (including phenoxy) is 1. The zero-order chi connectivity index (χ0) is 12.5. The summed E-state index contributed by atoms with van der Waals surface area (Å²) in [7, 11) is 0. The Hall–Kier alpha value is -1.52. The quantitative estimate of drug-likeness (QED) is 0.905. The number of aromatic nitrogens is 1. The number of nitrogen functional groups attached to an aromatic ring is 1. The molecule has 0 bridgehead atoms. The van der Waals surface area contributed by atoms with E-state index in [1.165, 1.54) is 0 Å². The van der Waals surface area contributed by atoms with Gasteiger partial charge in [-0.2, -0.15) is 0 Å². The van der Waals surface area contributed by atoms with E-state index in [0.29, 0.717) is 17.5 Å². The van der Waals surface area contributed by atoms with Crippen molar-refractivity contribution in [2.45, 2.75) is 12.3 Å². The van der Waals surface area contributed by atoms with Crippen molar-refractivity contribution in [1.82, 2.24) is 5.16 Å². The van der Waals surface area contributed by atoms with Crippen molar-refractivity contribution >= 4 is 17.5 Å². The molecule has 0 radical (unpaired) electrons. The van der Waals surface area contributed by atoms with Gasteiger partial charge in [-0.1, -0.05) is 28.9 Å². The summed E-state index contributed by atoms with van der Waals surface area (Å²) in [5.41, 5.74) is 8.24. The van der Waals surface area contributed by atoms with Crippen molar-refractivity contribution in [1.29, 1.82) is 0 Å². The fourth-order valence-electron chi connectivity index (χ4n) is 2.22. The van der Waals surface area contributed by atoms with Crippen molar-refractivity contribution < 1.29 is 9.26 Å². The molecule has 2 heterocycles. The average molecular weight is 265 g/mol. The summed E-state index contributed by atoms with van der Waals surface area (Å²) in [6.45, 7) is 1.55. The van der Waals surface area contributed by atoms with Crippen molar-refractivity contribution in [2.75, 3.05) is 18.9 Å². The van der Waals surface area contributed by atoms with Crippen molar-refractivity contribution in [2.24, 2.45) is 0 Å². The molecule has 1 aromatic carbocycles. The molecular weight excluding hydrogens is 252 g/mol. The molecule has 1 aliphatic rings. The molecule has 1 aromatic heterocycles. The highest BCUT2D eigenvalue weighted by molar-refractivity contribution is 6.31. The molecule has 4 nitrogen and oxygen atoms in total. The van der Waals surface area contributed by atoms with E-state index in [9.17, 15) is 0 Å². The summed E-state index contributed by atoms with van der Waals surface area (Å²) in [4.78, 5) is 0. The molecule has 3 rings (SSSR count). The topological polar surface area (TPSA) is 61.3 Å². The van der Waals surface area contributed by atoms with E-state index in [0.717, 1.165) is 35.8 Å². The summed E-state index contributed by atoms with van der Waals surface area (Å²) in [6, 6.07) is 7.59. The molecule has 94 valence electrons. The fraction of sp³-hybridized carbons (Fsp3) is 0.308. The summed E-state index contributed by atoms with van der Waals surface area (Å²) < 4.78 is 10.2. The first kappa shape index (κ1) is 11.6. The van der Waals surface area contributed by atoms with Gasteiger partial charge in [0, 0.05) is 29.2 Å². The maximum Gasteiger partial charge on any atom is 0.222 e. The zero-order valence-corrected chi connectivity index (χ0v) is 10.5. The predicted molar refractivity (Wildman–Crippen MR) is 69.5 cm³/mol. The summed E-state index contributed by atoms with van der Waals surface area (Å²) in [5.74, 6) is 0.698. The maximum atomic E-state index is 6.32. The van der Waals surface area contributed by atoms with Gasteiger partial charge in [0.15, 0.2) is 0 Å². The first-order valence-electron chi connectivity index (χ1n) is 5.84. The van der Waals surface area contributed by atoms with Crippen LogP contribution in [-0.4, -0.2) is 18.4 Å². The number of benzene rings is 1. The molecule has 0 aliphatic carbocycles. The number of nitrogens with zero attached hydrogens (tertiary/aromatic N) is 1. The Bertz CT molecular complexity index is 562. The minimum Gasteiger partial charge on any atom is -0.381 e. The van der Waals surface area contributed by atoms with Crippen LogP contribution in [0.25, 0.3) is 11.3 Å². The minimum atomic E-state index is 0.300. The van der Waals surface area contributed by atoms with E-state index >= 15 is 0 Å². The van der Waals surface area contributed by atoms with Crippen molar-refractivity contribution in [3.05, 3.63) is 34.9 Å². The lowest BCUT2D eigenvalue weighted by Crippen LogP contribution is -1.98. The molecule has 1 saturated heterocycles. The van der Waals surface area contributed by atoms with E-state index in [1.54, 1.807) is 6.07 Å². The number of halogens is 1. The standard InChI is InChI=1S/C13H13ClN2O2/c14-11-5-8(12-6-13(15)18-16-12)1-2-10(11)9-3-4-17-7-9/h1-2,5-6,9H,3-4,7,15H2. The van der Waals surface area contributed by atoms with Gasteiger partial charge in [-0.15, -0.1) is 0 Å². The molecule has 0 spiro atoms. The third-order valence-electron chi connectivity index (χ3n) is 3.19. The molecule has 0 amide bonds. The smallest absolute Gasteiger partial charge is 0.222 e. The highest BCUT2D eigenvalue weighted by Gasteiger charge is 2.20. The fourth-order valence-corrected chi connectivity index (χ4v) is 2.56. The summed E-state index contributed by atoms with van der Waals surface area (Å²) in [5, 5.41) is 4.61. The second-order valence-electron chi connectivity index (χ2n) is 4.41. The highest BCUT2D eigenvalue weighted by atomic mass is 35.5. The van der Waals surface area contributed by atoms with E-state index in [-0.39, 0.29) is 0 Å². The summed E-state index contributed by atoms with van der Waals surface area (Å²) >= 11 is 6.32. The Labute approximate surface area is 110 Å². The third kappa shape index (κ3) is 2.09. The molecular formula is C13H13ClN2O2. The van der Waals surface area contributed by atoms with Gasteiger partial charge in [0.2, 0.25) is 5.88 Å². The van der Waals surface area contributed by atoms with Crippen LogP contribution in [0, 0.1) is 0 Å². The molecule has 1 aliphatic heterocycles. The lowest BCUT2D eigenvalue weighted by molar-refractivity contribution is 0.194. The average Bonchev–Trinajstić information content (AvgIpc) is 2.99. The van der Waals surface area contributed by atoms with Crippen LogP contribution in [0.5, 0.6) is 0 Å². The van der Waals surface area contributed by atoms with Gasteiger partial charge in [0.25, 0.3) is 0 Å². The van der Waals surface area contributed by atoms with Crippen LogP contribution >= 0.6 is 11.6 Å². The Kier molecular flexibility index (Phi) is 2.97. The van der Waals surface area contributed by atoms with Gasteiger partial charge >= 0.3 is 0 Å². The highest BCUT2D eigenvalue weighted by Crippen LogP contribution is 2.33. The van der Waals surface area contributed by atoms with Gasteiger partial charge in [-0.25, -0.2) is 0 Å². The second-order valence-corrected chi connectivity index (χ2v) is 4.82. The van der Waals surface area contributed by atoms with Crippen LogP contribution in [0.4, 0.5) is 5.88 Å². The normalized spacial score (nSPS) is 19.3. The Morgan fingerprint density at radius 2 is 2.22 bits per heavy atom. The number of anilines is 1. The molecule has 1 atom stereocenters. The third-order valence-corrected chi connectivity index (χ3v) is 3.52. The maximum absolute atomic E-state index is 6.32. The molecule has 2 aromatic rings. The van der Waals surface area contributed by atoms with Crippen LogP contribution in [-0.2, 0) is 4.74 Å².